The van der Waals surface area contributed by atoms with Gasteiger partial charge in [0, 0.05) is 41.4 Å². The lowest BCUT2D eigenvalue weighted by atomic mass is 9.86. The zero-order valence-electron chi connectivity index (χ0n) is 21.3. The minimum atomic E-state index is -0.935. The molecule has 7 nitrogen and oxygen atoms in total. The number of hydrogen-bond donors (Lipinski definition) is 1. The number of Topliss-reactive ketones (excluding diaryl/α,β-unsaturated/α-hetero) is 1. The van der Waals surface area contributed by atoms with Crippen molar-refractivity contribution >= 4 is 11.7 Å². The molecule has 202 valence electrons. The molecule has 10 heteroatoms. The number of carbonyl (C=O) groups is 2. The highest BCUT2D eigenvalue weighted by atomic mass is 19.1. The molecule has 4 aromatic rings. The number of benzene rings is 2. The van der Waals surface area contributed by atoms with Gasteiger partial charge in [-0.15, -0.1) is 0 Å². The zero-order chi connectivity index (χ0) is 28.4. The van der Waals surface area contributed by atoms with Crippen LogP contribution in [0.2, 0.25) is 0 Å². The molecule has 1 aliphatic rings. The summed E-state index contributed by atoms with van der Waals surface area (Å²) in [7, 11) is 0. The molecule has 1 atom stereocenters. The number of rotatable bonds is 9. The van der Waals surface area contributed by atoms with Crippen LogP contribution in [0.15, 0.2) is 54.7 Å². The van der Waals surface area contributed by atoms with Crippen LogP contribution < -0.4 is 5.73 Å². The maximum Gasteiger partial charge on any atom is 0.251 e. The van der Waals surface area contributed by atoms with Gasteiger partial charge in [0.05, 0.1) is 17.8 Å². The molecule has 5 rings (SSSR count). The predicted octanol–water partition coefficient (Wildman–Crippen LogP) is 4.81. The molecule has 2 aromatic carbocycles. The first-order valence-corrected chi connectivity index (χ1v) is 12.7. The highest BCUT2D eigenvalue weighted by molar-refractivity contribution is 5.94. The van der Waals surface area contributed by atoms with Crippen LogP contribution in [0.3, 0.4) is 0 Å². The fourth-order valence-corrected chi connectivity index (χ4v) is 5.38. The summed E-state index contributed by atoms with van der Waals surface area (Å²) in [5.74, 6) is -4.05. The van der Waals surface area contributed by atoms with Gasteiger partial charge in [0.1, 0.15) is 23.5 Å². The molecule has 0 saturated carbocycles. The van der Waals surface area contributed by atoms with Gasteiger partial charge in [0.2, 0.25) is 0 Å². The largest absolute Gasteiger partial charge is 0.366 e. The molecule has 0 aliphatic heterocycles. The van der Waals surface area contributed by atoms with Gasteiger partial charge in [-0.3, -0.25) is 19.3 Å². The number of hydrogen-bond acceptors (Lipinski definition) is 5. The molecule has 2 heterocycles. The zero-order valence-corrected chi connectivity index (χ0v) is 21.3. The van der Waals surface area contributed by atoms with Crippen LogP contribution in [0.25, 0.3) is 11.1 Å². The fraction of sp³-hybridized carbons (Fsp3) is 0.233. The van der Waals surface area contributed by atoms with Gasteiger partial charge >= 0.3 is 0 Å². The molecule has 40 heavy (non-hydrogen) atoms. The SMILES string of the molecule is N#Cc1nn(CC(=O)C[C@@H](Cc2cc(F)cc(F)c2)c2ncccc2-c2ccc(F)c(C(N)=O)c2)c2c1CCC2. The normalized spacial score (nSPS) is 13.1. The van der Waals surface area contributed by atoms with Gasteiger partial charge in [0.25, 0.3) is 5.91 Å². The monoisotopic (exact) mass is 543 g/mol. The molecule has 0 spiro atoms. The molecule has 2 aromatic heterocycles. The van der Waals surface area contributed by atoms with Gasteiger partial charge in [-0.05, 0) is 67.1 Å². The Morgan fingerprint density at radius 2 is 1.85 bits per heavy atom. The minimum Gasteiger partial charge on any atom is -0.366 e. The highest BCUT2D eigenvalue weighted by Crippen LogP contribution is 2.34. The Morgan fingerprint density at radius 3 is 2.58 bits per heavy atom. The van der Waals surface area contributed by atoms with Crippen LogP contribution in [0.5, 0.6) is 0 Å². The van der Waals surface area contributed by atoms with E-state index in [9.17, 15) is 28.0 Å². The first-order chi connectivity index (χ1) is 19.2. The second-order valence-electron chi connectivity index (χ2n) is 9.81. The van der Waals surface area contributed by atoms with Crippen molar-refractivity contribution in [1.29, 1.82) is 5.26 Å². The van der Waals surface area contributed by atoms with Crippen molar-refractivity contribution < 1.29 is 22.8 Å². The van der Waals surface area contributed by atoms with Crippen molar-refractivity contribution in [3.63, 3.8) is 0 Å². The lowest BCUT2D eigenvalue weighted by molar-refractivity contribution is -0.120. The average molecular weight is 544 g/mol. The van der Waals surface area contributed by atoms with Gasteiger partial charge in [-0.25, -0.2) is 13.2 Å². The van der Waals surface area contributed by atoms with E-state index in [1.807, 2.05) is 0 Å². The van der Waals surface area contributed by atoms with Gasteiger partial charge in [-0.2, -0.15) is 10.4 Å². The second kappa shape index (κ2) is 11.1. The van der Waals surface area contributed by atoms with Crippen LogP contribution in [-0.2, 0) is 30.6 Å². The summed E-state index contributed by atoms with van der Waals surface area (Å²) in [5, 5.41) is 13.7. The standard InChI is InChI=1S/C30H24F3N5O2/c31-20-10-17(11-21(32)14-20)9-19(12-22(39)16-38-28-5-1-3-24(28)27(15-34)37-38)29-23(4-2-8-36-29)18-6-7-26(33)25(13-18)30(35)40/h2,4,6-8,10-11,13-14,19H,1,3,5,9,12,16H2,(H2,35,40)/t19-/m1/s1. The Labute approximate surface area is 228 Å². The number of fused-ring (bicyclic) bond motifs is 1. The van der Waals surface area contributed by atoms with E-state index in [0.29, 0.717) is 28.1 Å². The number of pyridine rings is 1. The van der Waals surface area contributed by atoms with Crippen molar-refractivity contribution in [1.82, 2.24) is 14.8 Å². The van der Waals surface area contributed by atoms with Crippen molar-refractivity contribution in [2.45, 2.75) is 44.6 Å². The lowest BCUT2D eigenvalue weighted by Crippen LogP contribution is -2.19. The molecule has 0 bridgehead atoms. The Balaban J connectivity index is 1.52. The van der Waals surface area contributed by atoms with Crippen molar-refractivity contribution in [3.05, 3.63) is 106 Å². The summed E-state index contributed by atoms with van der Waals surface area (Å²) in [6, 6.07) is 12.5. The van der Waals surface area contributed by atoms with Crippen LogP contribution >= 0.6 is 0 Å². The number of nitriles is 1. The van der Waals surface area contributed by atoms with E-state index in [1.165, 1.54) is 30.5 Å². The number of aromatic nitrogens is 3. The topological polar surface area (TPSA) is 115 Å². The maximum absolute atomic E-state index is 14.2. The Bertz CT molecular complexity index is 1650. The van der Waals surface area contributed by atoms with Gasteiger partial charge in [0.15, 0.2) is 11.5 Å². The first-order valence-electron chi connectivity index (χ1n) is 12.7. The number of halogens is 3. The molecule has 0 radical (unpaired) electrons. The van der Waals surface area contributed by atoms with E-state index in [-0.39, 0.29) is 30.7 Å². The second-order valence-corrected chi connectivity index (χ2v) is 9.81. The van der Waals surface area contributed by atoms with Crippen LogP contribution in [0.4, 0.5) is 13.2 Å². The third-order valence-electron chi connectivity index (χ3n) is 7.09. The predicted molar refractivity (Wildman–Crippen MR) is 140 cm³/mol. The number of ketones is 1. The molecule has 0 unspecified atom stereocenters. The average Bonchev–Trinajstić information content (AvgIpc) is 3.52. The Kier molecular flexibility index (Phi) is 7.47. The minimum absolute atomic E-state index is 0.0530. The van der Waals surface area contributed by atoms with Gasteiger partial charge < -0.3 is 5.73 Å². The summed E-state index contributed by atoms with van der Waals surface area (Å²) in [5.41, 5.74) is 8.84. The molecular formula is C30H24F3N5O2. The van der Waals surface area contributed by atoms with Crippen molar-refractivity contribution in [2.75, 3.05) is 0 Å². The number of nitrogens with zero attached hydrogens (tertiary/aromatic N) is 4. The van der Waals surface area contributed by atoms with E-state index >= 15 is 0 Å². The Morgan fingerprint density at radius 1 is 1.07 bits per heavy atom. The number of nitrogens with two attached hydrogens (primary N) is 1. The third-order valence-corrected chi connectivity index (χ3v) is 7.09. The fourth-order valence-electron chi connectivity index (χ4n) is 5.38. The highest BCUT2D eigenvalue weighted by Gasteiger charge is 2.26. The molecule has 2 N–H and O–H groups in total. The molecule has 1 aliphatic carbocycles. The summed E-state index contributed by atoms with van der Waals surface area (Å²) < 4.78 is 43.9. The first kappa shape index (κ1) is 26.8. The van der Waals surface area contributed by atoms with Crippen molar-refractivity contribution in [2.24, 2.45) is 5.73 Å². The van der Waals surface area contributed by atoms with Crippen LogP contribution in [0, 0.1) is 28.8 Å². The molecule has 0 fully saturated rings. The summed E-state index contributed by atoms with van der Waals surface area (Å²) in [6.45, 7) is -0.0669. The molecule has 1 amide bonds. The van der Waals surface area contributed by atoms with E-state index in [4.69, 9.17) is 5.73 Å². The van der Waals surface area contributed by atoms with Crippen LogP contribution in [0.1, 0.15) is 57.3 Å². The maximum atomic E-state index is 14.2. The van der Waals surface area contributed by atoms with E-state index in [2.05, 4.69) is 16.2 Å². The van der Waals surface area contributed by atoms with Gasteiger partial charge in [-0.1, -0.05) is 12.1 Å². The van der Waals surface area contributed by atoms with Crippen molar-refractivity contribution in [3.8, 4) is 17.2 Å². The summed E-state index contributed by atoms with van der Waals surface area (Å²) >= 11 is 0. The van der Waals surface area contributed by atoms with E-state index in [0.717, 1.165) is 42.7 Å². The Hall–Kier alpha value is -4.78. The summed E-state index contributed by atoms with van der Waals surface area (Å²) in [6.07, 6.45) is 3.90. The summed E-state index contributed by atoms with van der Waals surface area (Å²) in [4.78, 5) is 29.7. The van der Waals surface area contributed by atoms with E-state index < -0.39 is 29.3 Å². The third kappa shape index (κ3) is 5.50. The number of carbonyl (C=O) groups excluding carboxylic acids is 2. The van der Waals surface area contributed by atoms with Crippen LogP contribution in [-0.4, -0.2) is 26.5 Å². The van der Waals surface area contributed by atoms with E-state index in [1.54, 1.807) is 16.8 Å². The molecule has 0 saturated heterocycles. The molecular weight excluding hydrogens is 519 g/mol. The number of primary amides is 1. The smallest absolute Gasteiger partial charge is 0.251 e. The lowest BCUT2D eigenvalue weighted by Gasteiger charge is -2.20. The quantitative estimate of drug-likeness (QED) is 0.326. The number of amides is 1.